The highest BCUT2D eigenvalue weighted by atomic mass is 19.2. The van der Waals surface area contributed by atoms with Crippen LogP contribution < -0.4 is 20.1 Å². The van der Waals surface area contributed by atoms with E-state index in [1.54, 1.807) is 18.2 Å². The van der Waals surface area contributed by atoms with Crippen LogP contribution in [0.3, 0.4) is 0 Å². The Bertz CT molecular complexity index is 1080. The number of hydrogen-bond donors (Lipinski definition) is 2. The van der Waals surface area contributed by atoms with Crippen molar-refractivity contribution in [1.29, 1.82) is 0 Å². The summed E-state index contributed by atoms with van der Waals surface area (Å²) in [5.74, 6) is -2.55. The van der Waals surface area contributed by atoms with Crippen molar-refractivity contribution in [2.75, 3.05) is 25.1 Å². The molecule has 1 fully saturated rings. The van der Waals surface area contributed by atoms with Gasteiger partial charge in [0.25, 0.3) is 5.91 Å². The number of amides is 4. The predicted octanol–water partition coefficient (Wildman–Crippen LogP) is 2.53. The molecule has 2 aromatic rings. The van der Waals surface area contributed by atoms with Gasteiger partial charge in [0.1, 0.15) is 12.1 Å². The zero-order valence-corrected chi connectivity index (χ0v) is 16.5. The van der Waals surface area contributed by atoms with Gasteiger partial charge in [-0.15, -0.1) is 0 Å². The molecule has 8 nitrogen and oxygen atoms in total. The molecule has 0 spiro atoms. The molecule has 2 aromatic carbocycles. The molecule has 2 N–H and O–H groups in total. The van der Waals surface area contributed by atoms with E-state index in [4.69, 9.17) is 9.47 Å². The molecule has 10 heteroatoms. The number of benzene rings is 2. The Labute approximate surface area is 176 Å². The lowest BCUT2D eigenvalue weighted by atomic mass is 9.92. The number of carbonyl (C=O) groups is 3. The number of hydrogen-bond acceptors (Lipinski definition) is 5. The van der Waals surface area contributed by atoms with Crippen molar-refractivity contribution in [2.24, 2.45) is 0 Å². The zero-order valence-electron chi connectivity index (χ0n) is 16.5. The third kappa shape index (κ3) is 3.88. The first kappa shape index (κ1) is 20.6. The van der Waals surface area contributed by atoms with E-state index < -0.39 is 41.6 Å². The fourth-order valence-electron chi connectivity index (χ4n) is 3.43. The van der Waals surface area contributed by atoms with Gasteiger partial charge in [0.15, 0.2) is 23.1 Å². The Morgan fingerprint density at radius 3 is 2.58 bits per heavy atom. The van der Waals surface area contributed by atoms with Crippen molar-refractivity contribution in [3.63, 3.8) is 0 Å². The Balaban J connectivity index is 1.47. The number of ether oxygens (including phenoxy) is 2. The normalized spacial score (nSPS) is 20.3. The summed E-state index contributed by atoms with van der Waals surface area (Å²) in [6.07, 6.45) is 0.735. The van der Waals surface area contributed by atoms with Crippen molar-refractivity contribution in [2.45, 2.75) is 18.9 Å². The molecule has 1 unspecified atom stereocenters. The van der Waals surface area contributed by atoms with Gasteiger partial charge >= 0.3 is 6.03 Å². The van der Waals surface area contributed by atoms with Crippen molar-refractivity contribution in [1.82, 2.24) is 10.2 Å². The van der Waals surface area contributed by atoms with Crippen molar-refractivity contribution in [3.8, 4) is 11.5 Å². The number of carbonyl (C=O) groups excluding carboxylic acids is 3. The number of urea groups is 1. The van der Waals surface area contributed by atoms with Crippen LogP contribution >= 0.6 is 0 Å². The minimum absolute atomic E-state index is 0.0653. The molecule has 0 aromatic heterocycles. The Morgan fingerprint density at radius 2 is 1.84 bits per heavy atom. The predicted molar refractivity (Wildman–Crippen MR) is 105 cm³/mol. The number of anilines is 1. The van der Waals surface area contributed by atoms with E-state index in [0.29, 0.717) is 30.4 Å². The van der Waals surface area contributed by atoms with Gasteiger partial charge in [0.05, 0.1) is 13.2 Å². The van der Waals surface area contributed by atoms with Gasteiger partial charge in [-0.1, -0.05) is 6.07 Å². The minimum Gasteiger partial charge on any atom is -0.490 e. The van der Waals surface area contributed by atoms with Crippen LogP contribution in [-0.4, -0.2) is 42.5 Å². The lowest BCUT2D eigenvalue weighted by molar-refractivity contribution is -0.133. The average molecular weight is 431 g/mol. The van der Waals surface area contributed by atoms with E-state index in [0.717, 1.165) is 23.5 Å². The third-order valence-corrected chi connectivity index (χ3v) is 5.10. The second-order valence-corrected chi connectivity index (χ2v) is 7.34. The first-order valence-corrected chi connectivity index (χ1v) is 9.57. The smallest absolute Gasteiger partial charge is 0.325 e. The first-order valence-electron chi connectivity index (χ1n) is 9.57. The number of imide groups is 1. The first-order chi connectivity index (χ1) is 14.8. The molecule has 2 heterocycles. The van der Waals surface area contributed by atoms with E-state index >= 15 is 0 Å². The van der Waals surface area contributed by atoms with E-state index in [1.807, 2.05) is 0 Å². The maximum absolute atomic E-state index is 13.6. The van der Waals surface area contributed by atoms with Crippen LogP contribution in [-0.2, 0) is 15.1 Å². The molecule has 0 radical (unpaired) electrons. The van der Waals surface area contributed by atoms with Crippen LogP contribution in [0.5, 0.6) is 11.5 Å². The summed E-state index contributed by atoms with van der Waals surface area (Å²) in [5.41, 5.74) is -1.15. The highest BCUT2D eigenvalue weighted by molar-refractivity contribution is 6.10. The minimum atomic E-state index is -1.62. The van der Waals surface area contributed by atoms with E-state index in [1.165, 1.54) is 13.0 Å². The van der Waals surface area contributed by atoms with Gasteiger partial charge in [-0.3, -0.25) is 14.5 Å². The maximum Gasteiger partial charge on any atom is 0.325 e. The van der Waals surface area contributed by atoms with Gasteiger partial charge < -0.3 is 20.1 Å². The van der Waals surface area contributed by atoms with E-state index in [-0.39, 0.29) is 5.56 Å². The second-order valence-electron chi connectivity index (χ2n) is 7.34. The number of fused-ring (bicyclic) bond motifs is 1. The Kier molecular flexibility index (Phi) is 5.22. The fraction of sp³-hybridized carbons (Fsp3) is 0.286. The average Bonchev–Trinajstić information content (AvgIpc) is 2.90. The Morgan fingerprint density at radius 1 is 1.10 bits per heavy atom. The Hall–Kier alpha value is -3.69. The maximum atomic E-state index is 13.6. The molecule has 31 heavy (non-hydrogen) atoms. The van der Waals surface area contributed by atoms with Crippen LogP contribution in [0.4, 0.5) is 19.3 Å². The van der Waals surface area contributed by atoms with E-state index in [2.05, 4.69) is 10.6 Å². The SMILES string of the molecule is CC1(c2ccc(F)c(F)c2)NC(=O)N(CC(=O)Nc2ccc3c(c2)OCCCO3)C1=O. The third-order valence-electron chi connectivity index (χ3n) is 5.10. The molecule has 1 atom stereocenters. The molecular formula is C21H19F2N3O5. The quantitative estimate of drug-likeness (QED) is 0.726. The highest BCUT2D eigenvalue weighted by Gasteiger charge is 2.49. The molecule has 0 bridgehead atoms. The lowest BCUT2D eigenvalue weighted by Crippen LogP contribution is -2.42. The molecule has 4 rings (SSSR count). The number of rotatable bonds is 4. The molecule has 2 aliphatic heterocycles. The van der Waals surface area contributed by atoms with Crippen LogP contribution in [0.2, 0.25) is 0 Å². The van der Waals surface area contributed by atoms with Gasteiger partial charge in [-0.25, -0.2) is 13.6 Å². The summed E-state index contributed by atoms with van der Waals surface area (Å²) < 4.78 is 38.0. The highest BCUT2D eigenvalue weighted by Crippen LogP contribution is 2.33. The lowest BCUT2D eigenvalue weighted by Gasteiger charge is -2.22. The molecule has 162 valence electrons. The summed E-state index contributed by atoms with van der Waals surface area (Å²) in [7, 11) is 0. The molecule has 1 saturated heterocycles. The molecule has 0 saturated carbocycles. The van der Waals surface area contributed by atoms with Crippen molar-refractivity contribution in [3.05, 3.63) is 53.6 Å². The summed E-state index contributed by atoms with van der Waals surface area (Å²) in [6.45, 7) is 1.82. The van der Waals surface area contributed by atoms with E-state index in [9.17, 15) is 23.2 Å². The topological polar surface area (TPSA) is 97.0 Å². The second kappa shape index (κ2) is 7.86. The van der Waals surface area contributed by atoms with Gasteiger partial charge in [0.2, 0.25) is 5.91 Å². The van der Waals surface area contributed by atoms with Crippen molar-refractivity contribution < 1.29 is 32.6 Å². The summed E-state index contributed by atoms with van der Waals surface area (Å²) in [6, 6.07) is 6.97. The zero-order chi connectivity index (χ0) is 22.2. The number of nitrogens with zero attached hydrogens (tertiary/aromatic N) is 1. The number of halogens is 2. The molecule has 0 aliphatic carbocycles. The number of nitrogens with one attached hydrogen (secondary N) is 2. The van der Waals surface area contributed by atoms with Crippen LogP contribution in [0, 0.1) is 11.6 Å². The van der Waals surface area contributed by atoms with Gasteiger partial charge in [-0.05, 0) is 36.8 Å². The van der Waals surface area contributed by atoms with Crippen LogP contribution in [0.1, 0.15) is 18.9 Å². The van der Waals surface area contributed by atoms with Crippen molar-refractivity contribution >= 4 is 23.5 Å². The van der Waals surface area contributed by atoms with Crippen LogP contribution in [0.25, 0.3) is 0 Å². The molecular weight excluding hydrogens is 412 g/mol. The molecule has 2 aliphatic rings. The van der Waals surface area contributed by atoms with Gasteiger partial charge in [0, 0.05) is 18.2 Å². The summed E-state index contributed by atoms with van der Waals surface area (Å²) >= 11 is 0. The monoisotopic (exact) mass is 431 g/mol. The fourth-order valence-corrected chi connectivity index (χ4v) is 3.43. The standard InChI is InChI=1S/C21H19F2N3O5/c1-21(12-3-5-14(22)15(23)9-12)19(28)26(20(29)25-21)11-18(27)24-13-4-6-16-17(10-13)31-8-2-7-30-16/h3-6,9-10H,2,7-8,11H2,1H3,(H,24,27)(H,25,29). The summed E-state index contributed by atoms with van der Waals surface area (Å²) in [5, 5.41) is 5.05. The van der Waals surface area contributed by atoms with Crippen LogP contribution in [0.15, 0.2) is 36.4 Å². The largest absolute Gasteiger partial charge is 0.490 e. The van der Waals surface area contributed by atoms with Gasteiger partial charge in [-0.2, -0.15) is 0 Å². The summed E-state index contributed by atoms with van der Waals surface area (Å²) in [4.78, 5) is 38.4. The molecule has 4 amide bonds.